The normalized spacial score (nSPS) is 15.7. The highest BCUT2D eigenvalue weighted by molar-refractivity contribution is 6.47. The molecule has 7 heteroatoms. The second kappa shape index (κ2) is 7.96. The molecule has 6 nitrogen and oxygen atoms in total. The number of carbonyl (C=O) groups excluding carboxylic acids is 1. The fourth-order valence-corrected chi connectivity index (χ4v) is 3.29. The van der Waals surface area contributed by atoms with E-state index in [-0.39, 0.29) is 12.5 Å². The van der Waals surface area contributed by atoms with Gasteiger partial charge < -0.3 is 26.5 Å². The Kier molecular flexibility index (Phi) is 5.65. The molecule has 3 rings (SSSR count). The highest BCUT2D eigenvalue weighted by Crippen LogP contribution is 2.33. The molecule has 0 bridgehead atoms. The van der Waals surface area contributed by atoms with Crippen molar-refractivity contribution >= 4 is 18.6 Å². The molecule has 0 saturated heterocycles. The smallest absolute Gasteiger partial charge is 0.534 e. The van der Waals surface area contributed by atoms with E-state index in [9.17, 15) is 9.82 Å². The second-order valence-corrected chi connectivity index (χ2v) is 6.77. The van der Waals surface area contributed by atoms with Gasteiger partial charge in [0.05, 0.1) is 5.94 Å². The standard InChI is InChI=1S/C20H24BN3O3/c1-12(2)16-5-3-4-14-9-18(21(26)27-19(14)16)24-20(25)17-7-6-13(10-22)8-15(17)11-23/h3-8,18,26H,1,9-11,22-23H2,2H3,(H,24,25)/t18-/m0/s1. The van der Waals surface area contributed by atoms with Gasteiger partial charge in [0.25, 0.3) is 5.91 Å². The first-order valence-corrected chi connectivity index (χ1v) is 8.90. The number of benzene rings is 2. The fraction of sp³-hybridized carbons (Fsp3) is 0.250. The summed E-state index contributed by atoms with van der Waals surface area (Å²) >= 11 is 0. The Morgan fingerprint density at radius 3 is 2.74 bits per heavy atom. The maximum atomic E-state index is 12.7. The Bertz CT molecular complexity index is 885. The van der Waals surface area contributed by atoms with E-state index < -0.39 is 13.1 Å². The third-order valence-electron chi connectivity index (χ3n) is 4.77. The van der Waals surface area contributed by atoms with Crippen molar-refractivity contribution in [1.29, 1.82) is 0 Å². The number of rotatable bonds is 5. The van der Waals surface area contributed by atoms with Gasteiger partial charge in [-0.2, -0.15) is 0 Å². The van der Waals surface area contributed by atoms with Crippen LogP contribution in [0.15, 0.2) is 43.0 Å². The molecule has 1 aliphatic heterocycles. The zero-order valence-corrected chi connectivity index (χ0v) is 15.4. The molecule has 0 spiro atoms. The van der Waals surface area contributed by atoms with Crippen molar-refractivity contribution in [1.82, 2.24) is 5.32 Å². The summed E-state index contributed by atoms with van der Waals surface area (Å²) in [4.78, 5) is 12.7. The summed E-state index contributed by atoms with van der Waals surface area (Å²) in [6.45, 7) is 6.44. The lowest BCUT2D eigenvalue weighted by Crippen LogP contribution is -2.53. The van der Waals surface area contributed by atoms with Crippen LogP contribution in [-0.4, -0.2) is 24.0 Å². The van der Waals surface area contributed by atoms with Crippen LogP contribution in [0.3, 0.4) is 0 Å². The Labute approximate surface area is 159 Å². The van der Waals surface area contributed by atoms with E-state index in [1.165, 1.54) is 0 Å². The lowest BCUT2D eigenvalue weighted by Gasteiger charge is -2.29. The van der Waals surface area contributed by atoms with Crippen molar-refractivity contribution in [2.45, 2.75) is 32.4 Å². The average molecular weight is 365 g/mol. The Morgan fingerprint density at radius 2 is 2.07 bits per heavy atom. The van der Waals surface area contributed by atoms with Crippen LogP contribution in [0.4, 0.5) is 0 Å². The van der Waals surface area contributed by atoms with Gasteiger partial charge in [-0.05, 0) is 41.7 Å². The molecular formula is C20H24BN3O3. The molecule has 1 heterocycles. The summed E-state index contributed by atoms with van der Waals surface area (Å²) in [6, 6.07) is 11.1. The van der Waals surface area contributed by atoms with E-state index in [2.05, 4.69) is 11.9 Å². The molecule has 2 aromatic carbocycles. The number of hydrogen-bond donors (Lipinski definition) is 4. The lowest BCUT2D eigenvalue weighted by molar-refractivity contribution is 0.0940. The Morgan fingerprint density at radius 1 is 1.30 bits per heavy atom. The molecule has 140 valence electrons. The zero-order valence-electron chi connectivity index (χ0n) is 15.4. The second-order valence-electron chi connectivity index (χ2n) is 6.77. The number of nitrogens with one attached hydrogen (secondary N) is 1. The number of nitrogens with two attached hydrogens (primary N) is 2. The van der Waals surface area contributed by atoms with Gasteiger partial charge in [-0.1, -0.05) is 36.9 Å². The van der Waals surface area contributed by atoms with Crippen LogP contribution in [0.1, 0.15) is 39.5 Å². The molecule has 27 heavy (non-hydrogen) atoms. The van der Waals surface area contributed by atoms with E-state index in [0.717, 1.165) is 22.3 Å². The molecule has 0 unspecified atom stereocenters. The quantitative estimate of drug-likeness (QED) is 0.599. The summed E-state index contributed by atoms with van der Waals surface area (Å²) in [6.07, 6.45) is 0.461. The van der Waals surface area contributed by atoms with E-state index in [4.69, 9.17) is 16.1 Å². The van der Waals surface area contributed by atoms with Gasteiger partial charge in [0.1, 0.15) is 5.75 Å². The zero-order chi connectivity index (χ0) is 19.6. The maximum absolute atomic E-state index is 12.7. The minimum Gasteiger partial charge on any atom is -0.534 e. The molecular weight excluding hydrogens is 341 g/mol. The van der Waals surface area contributed by atoms with Crippen LogP contribution in [0, 0.1) is 0 Å². The number of carbonyl (C=O) groups is 1. The van der Waals surface area contributed by atoms with Crippen molar-refractivity contribution in [2.75, 3.05) is 0 Å². The first-order valence-electron chi connectivity index (χ1n) is 8.90. The van der Waals surface area contributed by atoms with Crippen LogP contribution in [0.2, 0.25) is 0 Å². The van der Waals surface area contributed by atoms with E-state index in [1.807, 2.05) is 31.2 Å². The summed E-state index contributed by atoms with van der Waals surface area (Å²) in [5.74, 6) is -0.241. The van der Waals surface area contributed by atoms with E-state index in [0.29, 0.717) is 29.8 Å². The van der Waals surface area contributed by atoms with Gasteiger partial charge in [0.2, 0.25) is 0 Å². The van der Waals surface area contributed by atoms with Crippen LogP contribution in [0.25, 0.3) is 5.57 Å². The molecule has 0 fully saturated rings. The highest BCUT2D eigenvalue weighted by Gasteiger charge is 2.37. The van der Waals surface area contributed by atoms with Gasteiger partial charge in [0.15, 0.2) is 0 Å². The first kappa shape index (κ1) is 19.2. The minimum atomic E-state index is -1.15. The molecule has 1 atom stereocenters. The first-order chi connectivity index (χ1) is 12.9. The summed E-state index contributed by atoms with van der Waals surface area (Å²) in [7, 11) is -1.15. The van der Waals surface area contributed by atoms with Crippen molar-refractivity contribution in [3.05, 3.63) is 70.8 Å². The van der Waals surface area contributed by atoms with Crippen molar-refractivity contribution in [3.8, 4) is 5.75 Å². The molecule has 0 radical (unpaired) electrons. The Hall–Kier alpha value is -2.61. The fourth-order valence-electron chi connectivity index (χ4n) is 3.29. The summed E-state index contributed by atoms with van der Waals surface area (Å²) < 4.78 is 5.71. The maximum Gasteiger partial charge on any atom is 0.547 e. The third kappa shape index (κ3) is 3.90. The van der Waals surface area contributed by atoms with Gasteiger partial charge >= 0.3 is 7.12 Å². The molecule has 0 aliphatic carbocycles. The van der Waals surface area contributed by atoms with Gasteiger partial charge in [0, 0.05) is 24.2 Å². The molecule has 0 aromatic heterocycles. The predicted molar refractivity (Wildman–Crippen MR) is 107 cm³/mol. The highest BCUT2D eigenvalue weighted by atomic mass is 16.5. The minimum absolute atomic E-state index is 0.227. The van der Waals surface area contributed by atoms with Gasteiger partial charge in [-0.15, -0.1) is 0 Å². The Balaban J connectivity index is 1.82. The van der Waals surface area contributed by atoms with Crippen molar-refractivity contribution in [3.63, 3.8) is 0 Å². The molecule has 1 amide bonds. The van der Waals surface area contributed by atoms with Gasteiger partial charge in [-0.3, -0.25) is 4.79 Å². The van der Waals surface area contributed by atoms with Gasteiger partial charge in [-0.25, -0.2) is 0 Å². The third-order valence-corrected chi connectivity index (χ3v) is 4.77. The number of hydrogen-bond acceptors (Lipinski definition) is 5. The average Bonchev–Trinajstić information content (AvgIpc) is 2.67. The molecule has 2 aromatic rings. The predicted octanol–water partition coefficient (Wildman–Crippen LogP) is 1.39. The van der Waals surface area contributed by atoms with Crippen molar-refractivity contribution < 1.29 is 14.5 Å². The van der Waals surface area contributed by atoms with Crippen LogP contribution < -0.4 is 21.4 Å². The monoisotopic (exact) mass is 365 g/mol. The number of amides is 1. The van der Waals surface area contributed by atoms with E-state index >= 15 is 0 Å². The molecule has 0 saturated carbocycles. The van der Waals surface area contributed by atoms with E-state index in [1.54, 1.807) is 12.1 Å². The SMILES string of the molecule is C=C(C)c1cccc2c1OB(O)[C@@H](NC(=O)c1ccc(CN)cc1CN)C2. The lowest BCUT2D eigenvalue weighted by atomic mass is 9.72. The number of allylic oxidation sites excluding steroid dienone is 1. The summed E-state index contributed by atoms with van der Waals surface area (Å²) in [5, 5.41) is 13.3. The number of para-hydroxylation sites is 1. The largest absolute Gasteiger partial charge is 0.547 e. The number of fused-ring (bicyclic) bond motifs is 1. The molecule has 6 N–H and O–H groups in total. The van der Waals surface area contributed by atoms with Crippen LogP contribution >= 0.6 is 0 Å². The summed E-state index contributed by atoms with van der Waals surface area (Å²) in [5.41, 5.74) is 16.2. The topological polar surface area (TPSA) is 111 Å². The van der Waals surface area contributed by atoms with Crippen LogP contribution in [-0.2, 0) is 19.5 Å². The molecule has 1 aliphatic rings. The van der Waals surface area contributed by atoms with Crippen LogP contribution in [0.5, 0.6) is 5.75 Å². The van der Waals surface area contributed by atoms with Crippen molar-refractivity contribution in [2.24, 2.45) is 11.5 Å².